The molecule has 0 aliphatic carbocycles. The van der Waals surface area contributed by atoms with Crippen LogP contribution in [0.15, 0.2) is 61.4 Å². The smallest absolute Gasteiger partial charge is 0.256 e. The van der Waals surface area contributed by atoms with Gasteiger partial charge in [-0.2, -0.15) is 14.7 Å². The summed E-state index contributed by atoms with van der Waals surface area (Å²) >= 11 is 0. The Kier molecular flexibility index (Phi) is 3.47. The van der Waals surface area contributed by atoms with Crippen LogP contribution in [0.25, 0.3) is 5.65 Å². The van der Waals surface area contributed by atoms with Crippen molar-refractivity contribution >= 4 is 17.4 Å². The minimum absolute atomic E-state index is 0.203. The summed E-state index contributed by atoms with van der Waals surface area (Å²) in [5.41, 5.74) is 2.28. The molecule has 0 aliphatic heterocycles. The van der Waals surface area contributed by atoms with Gasteiger partial charge >= 0.3 is 0 Å². The number of hydrogen-bond acceptors (Lipinski definition) is 5. The number of rotatable bonds is 4. The Morgan fingerprint density at radius 1 is 1.04 bits per heavy atom. The highest BCUT2D eigenvalue weighted by molar-refractivity contribution is 6.03. The summed E-state index contributed by atoms with van der Waals surface area (Å²) < 4.78 is 3.30. The van der Waals surface area contributed by atoms with Crippen molar-refractivity contribution < 1.29 is 4.79 Å². The molecule has 3 aromatic heterocycles. The molecule has 0 radical (unpaired) electrons. The molecular weight excluding hydrogens is 306 g/mol. The fourth-order valence-electron chi connectivity index (χ4n) is 2.38. The largest absolute Gasteiger partial charge is 0.306 e. The first-order chi connectivity index (χ1) is 11.8. The molecule has 0 bridgehead atoms. The van der Waals surface area contributed by atoms with Gasteiger partial charge in [-0.05, 0) is 23.8 Å². The summed E-state index contributed by atoms with van der Waals surface area (Å²) in [6.45, 7) is 0.611. The van der Waals surface area contributed by atoms with Gasteiger partial charge in [0.1, 0.15) is 18.5 Å². The molecule has 8 nitrogen and oxygen atoms in total. The second-order valence-electron chi connectivity index (χ2n) is 5.18. The molecule has 3 heterocycles. The van der Waals surface area contributed by atoms with Crippen LogP contribution in [0.1, 0.15) is 15.9 Å². The van der Waals surface area contributed by atoms with Crippen LogP contribution in [-0.2, 0) is 6.54 Å². The minimum atomic E-state index is -0.203. The highest BCUT2D eigenvalue weighted by atomic mass is 16.1. The molecule has 0 atom stereocenters. The Hall–Kier alpha value is -3.55. The van der Waals surface area contributed by atoms with E-state index in [2.05, 4.69) is 25.5 Å². The zero-order valence-electron chi connectivity index (χ0n) is 12.6. The number of carbonyl (C=O) groups excluding carboxylic acids is 1. The lowest BCUT2D eigenvalue weighted by atomic mass is 10.1. The molecule has 1 N–H and O–H groups in total. The van der Waals surface area contributed by atoms with Crippen molar-refractivity contribution in [2.45, 2.75) is 6.54 Å². The van der Waals surface area contributed by atoms with Crippen LogP contribution in [0, 0.1) is 0 Å². The van der Waals surface area contributed by atoms with Crippen LogP contribution < -0.4 is 5.32 Å². The second kappa shape index (κ2) is 5.92. The lowest BCUT2D eigenvalue weighted by Gasteiger charge is -2.07. The van der Waals surface area contributed by atoms with Crippen LogP contribution in [0.3, 0.4) is 0 Å². The normalized spacial score (nSPS) is 10.8. The van der Waals surface area contributed by atoms with E-state index >= 15 is 0 Å². The Morgan fingerprint density at radius 3 is 2.71 bits per heavy atom. The van der Waals surface area contributed by atoms with E-state index in [-0.39, 0.29) is 5.91 Å². The van der Waals surface area contributed by atoms with E-state index in [0.717, 1.165) is 5.56 Å². The predicted octanol–water partition coefficient (Wildman–Crippen LogP) is 1.62. The van der Waals surface area contributed by atoms with Crippen molar-refractivity contribution in [1.29, 1.82) is 0 Å². The van der Waals surface area contributed by atoms with Gasteiger partial charge in [0.2, 0.25) is 0 Å². The molecular formula is C16H13N7O. The lowest BCUT2D eigenvalue weighted by molar-refractivity contribution is 0.102. The van der Waals surface area contributed by atoms with Crippen LogP contribution in [0.4, 0.5) is 5.82 Å². The Labute approximate surface area is 136 Å². The maximum atomic E-state index is 12.4. The standard InChI is InChI=1S/C16H13N7O/c24-16(21-15-5-7-18-14-6-8-19-23(14)15)13-3-1-12(2-4-13)9-22-11-17-10-20-22/h1-8,10-11H,9H2,(H,21,24). The van der Waals surface area contributed by atoms with Gasteiger partial charge in [-0.1, -0.05) is 12.1 Å². The summed E-state index contributed by atoms with van der Waals surface area (Å²) in [6.07, 6.45) is 6.41. The van der Waals surface area contributed by atoms with Crippen LogP contribution in [0.5, 0.6) is 0 Å². The van der Waals surface area contributed by atoms with Crippen molar-refractivity contribution in [3.8, 4) is 0 Å². The van der Waals surface area contributed by atoms with E-state index in [1.807, 2.05) is 12.1 Å². The number of nitrogens with zero attached hydrogens (tertiary/aromatic N) is 6. The summed E-state index contributed by atoms with van der Waals surface area (Å²) in [4.78, 5) is 20.5. The summed E-state index contributed by atoms with van der Waals surface area (Å²) in [5.74, 6) is 0.368. The van der Waals surface area contributed by atoms with Gasteiger partial charge in [-0.3, -0.25) is 4.79 Å². The van der Waals surface area contributed by atoms with Crippen molar-refractivity contribution in [3.05, 3.63) is 72.6 Å². The molecule has 0 aliphatic rings. The third kappa shape index (κ3) is 2.72. The van der Waals surface area contributed by atoms with Crippen molar-refractivity contribution in [2.75, 3.05) is 5.32 Å². The van der Waals surface area contributed by atoms with E-state index in [9.17, 15) is 4.79 Å². The first-order valence-electron chi connectivity index (χ1n) is 7.31. The van der Waals surface area contributed by atoms with Crippen molar-refractivity contribution in [3.63, 3.8) is 0 Å². The van der Waals surface area contributed by atoms with E-state index in [1.54, 1.807) is 52.2 Å². The second-order valence-corrected chi connectivity index (χ2v) is 5.18. The third-order valence-corrected chi connectivity index (χ3v) is 3.56. The van der Waals surface area contributed by atoms with Gasteiger partial charge in [0.25, 0.3) is 5.91 Å². The van der Waals surface area contributed by atoms with E-state index in [0.29, 0.717) is 23.6 Å². The number of carbonyl (C=O) groups is 1. The van der Waals surface area contributed by atoms with Gasteiger partial charge in [-0.15, -0.1) is 0 Å². The topological polar surface area (TPSA) is 90.0 Å². The number of benzene rings is 1. The molecule has 0 spiro atoms. The quantitative estimate of drug-likeness (QED) is 0.617. The van der Waals surface area contributed by atoms with Gasteiger partial charge < -0.3 is 5.32 Å². The summed E-state index contributed by atoms with van der Waals surface area (Å²) in [7, 11) is 0. The first-order valence-corrected chi connectivity index (χ1v) is 7.31. The maximum Gasteiger partial charge on any atom is 0.256 e. The number of anilines is 1. The highest BCUT2D eigenvalue weighted by Gasteiger charge is 2.09. The van der Waals surface area contributed by atoms with Crippen LogP contribution in [-0.4, -0.2) is 35.3 Å². The zero-order chi connectivity index (χ0) is 16.4. The molecule has 8 heteroatoms. The maximum absolute atomic E-state index is 12.4. The average molecular weight is 319 g/mol. The Balaban J connectivity index is 1.51. The number of aromatic nitrogens is 6. The molecule has 0 saturated carbocycles. The highest BCUT2D eigenvalue weighted by Crippen LogP contribution is 2.12. The van der Waals surface area contributed by atoms with Crippen molar-refractivity contribution in [1.82, 2.24) is 29.4 Å². The molecule has 0 unspecified atom stereocenters. The van der Waals surface area contributed by atoms with Crippen LogP contribution >= 0.6 is 0 Å². The van der Waals surface area contributed by atoms with Crippen LogP contribution in [0.2, 0.25) is 0 Å². The number of fused-ring (bicyclic) bond motifs is 1. The number of hydrogen-bond donors (Lipinski definition) is 1. The predicted molar refractivity (Wildman–Crippen MR) is 86.5 cm³/mol. The molecule has 1 aromatic carbocycles. The number of amides is 1. The lowest BCUT2D eigenvalue weighted by Crippen LogP contribution is -2.15. The van der Waals surface area contributed by atoms with Crippen molar-refractivity contribution in [2.24, 2.45) is 0 Å². The van der Waals surface area contributed by atoms with Gasteiger partial charge in [0.05, 0.1) is 12.7 Å². The Bertz CT molecular complexity index is 973. The molecule has 4 aromatic rings. The van der Waals surface area contributed by atoms with E-state index < -0.39 is 0 Å². The van der Waals surface area contributed by atoms with Gasteiger partial charge in [-0.25, -0.2) is 14.6 Å². The molecule has 118 valence electrons. The summed E-state index contributed by atoms with van der Waals surface area (Å²) in [5, 5.41) is 11.1. The SMILES string of the molecule is O=C(Nc1ccnc2ccnn12)c1ccc(Cn2cncn2)cc1. The fraction of sp³-hybridized carbons (Fsp3) is 0.0625. The first kappa shape index (κ1) is 14.1. The van der Waals surface area contributed by atoms with Gasteiger partial charge in [0.15, 0.2) is 5.65 Å². The molecule has 24 heavy (non-hydrogen) atoms. The van der Waals surface area contributed by atoms with E-state index in [4.69, 9.17) is 0 Å². The van der Waals surface area contributed by atoms with Gasteiger partial charge in [0, 0.05) is 17.8 Å². The molecule has 4 rings (SSSR count). The fourth-order valence-corrected chi connectivity index (χ4v) is 2.38. The molecule has 0 fully saturated rings. The number of nitrogens with one attached hydrogen (secondary N) is 1. The van der Waals surface area contributed by atoms with E-state index in [1.165, 1.54) is 6.33 Å². The molecule has 0 saturated heterocycles. The monoisotopic (exact) mass is 319 g/mol. The summed E-state index contributed by atoms with van der Waals surface area (Å²) in [6, 6.07) is 10.8. The average Bonchev–Trinajstić information content (AvgIpc) is 3.27. The molecule has 1 amide bonds. The zero-order valence-corrected chi connectivity index (χ0v) is 12.6. The Morgan fingerprint density at radius 2 is 1.92 bits per heavy atom. The minimum Gasteiger partial charge on any atom is -0.306 e. The third-order valence-electron chi connectivity index (χ3n) is 3.56.